The Morgan fingerprint density at radius 1 is 0.966 bits per heavy atom. The number of benzene rings is 2. The van der Waals surface area contributed by atoms with Gasteiger partial charge in [-0.2, -0.15) is 4.68 Å². The van der Waals surface area contributed by atoms with Crippen molar-refractivity contribution in [3.63, 3.8) is 0 Å². The molecule has 3 aromatic rings. The molecule has 1 saturated heterocycles. The van der Waals surface area contributed by atoms with E-state index in [1.54, 1.807) is 41.3 Å². The third kappa shape index (κ3) is 4.14. The van der Waals surface area contributed by atoms with E-state index in [0.717, 1.165) is 0 Å². The number of hydrogen-bond acceptors (Lipinski definition) is 4. The van der Waals surface area contributed by atoms with E-state index in [-0.39, 0.29) is 11.5 Å². The van der Waals surface area contributed by atoms with Crippen LogP contribution in [0.3, 0.4) is 0 Å². The lowest BCUT2D eigenvalue weighted by Crippen LogP contribution is -2.49. The van der Waals surface area contributed by atoms with Gasteiger partial charge in [0.2, 0.25) is 0 Å². The standard InChI is InChI=1S/C21H18ClFN4O2/c22-16-4-6-18(7-5-16)27-20(28)9-8-19(24-27)25-10-12-26(13-11-25)21(29)15-2-1-3-17(23)14-15/h1-9,14H,10-13H2. The Balaban J connectivity index is 1.49. The predicted octanol–water partition coefficient (Wildman–Crippen LogP) is 2.99. The van der Waals surface area contributed by atoms with E-state index in [0.29, 0.717) is 48.3 Å². The summed E-state index contributed by atoms with van der Waals surface area (Å²) >= 11 is 5.92. The first-order valence-electron chi connectivity index (χ1n) is 9.17. The van der Waals surface area contributed by atoms with Crippen LogP contribution in [-0.2, 0) is 0 Å². The fraction of sp³-hybridized carbons (Fsp3) is 0.190. The SMILES string of the molecule is O=C(c1cccc(F)c1)N1CCN(c2ccc(=O)n(-c3ccc(Cl)cc3)n2)CC1. The van der Waals surface area contributed by atoms with Crippen LogP contribution in [0, 0.1) is 5.82 Å². The summed E-state index contributed by atoms with van der Waals surface area (Å²) in [5.74, 6) is 0.0313. The highest BCUT2D eigenvalue weighted by molar-refractivity contribution is 6.30. The van der Waals surface area contributed by atoms with E-state index in [1.165, 1.54) is 28.9 Å². The average Bonchev–Trinajstić information content (AvgIpc) is 2.74. The van der Waals surface area contributed by atoms with Crippen LogP contribution in [0.4, 0.5) is 10.2 Å². The van der Waals surface area contributed by atoms with Gasteiger partial charge in [0.25, 0.3) is 11.5 Å². The van der Waals surface area contributed by atoms with E-state index >= 15 is 0 Å². The zero-order chi connectivity index (χ0) is 20.4. The molecule has 0 radical (unpaired) electrons. The maximum atomic E-state index is 13.4. The van der Waals surface area contributed by atoms with Crippen LogP contribution in [0.25, 0.3) is 5.69 Å². The summed E-state index contributed by atoms with van der Waals surface area (Å²) in [6, 6.07) is 15.7. The molecule has 0 spiro atoms. The number of amides is 1. The van der Waals surface area contributed by atoms with Crippen molar-refractivity contribution < 1.29 is 9.18 Å². The zero-order valence-electron chi connectivity index (χ0n) is 15.5. The van der Waals surface area contributed by atoms with Gasteiger partial charge >= 0.3 is 0 Å². The van der Waals surface area contributed by atoms with Gasteiger partial charge in [0, 0.05) is 42.8 Å². The van der Waals surface area contributed by atoms with Crippen molar-refractivity contribution in [2.45, 2.75) is 0 Å². The molecule has 0 atom stereocenters. The molecule has 1 aliphatic rings. The number of carbonyl (C=O) groups excluding carboxylic acids is 1. The van der Waals surface area contributed by atoms with Gasteiger partial charge in [0.15, 0.2) is 0 Å². The number of carbonyl (C=O) groups is 1. The molecule has 1 amide bonds. The normalized spacial score (nSPS) is 14.1. The van der Waals surface area contributed by atoms with Crippen molar-refractivity contribution >= 4 is 23.3 Å². The molecule has 4 rings (SSSR count). The van der Waals surface area contributed by atoms with E-state index in [4.69, 9.17) is 11.6 Å². The summed E-state index contributed by atoms with van der Waals surface area (Å²) in [5.41, 5.74) is 0.727. The maximum absolute atomic E-state index is 13.4. The zero-order valence-corrected chi connectivity index (χ0v) is 16.2. The van der Waals surface area contributed by atoms with Crippen molar-refractivity contribution in [2.24, 2.45) is 0 Å². The fourth-order valence-corrected chi connectivity index (χ4v) is 3.41. The number of hydrogen-bond donors (Lipinski definition) is 0. The van der Waals surface area contributed by atoms with Crippen molar-refractivity contribution in [1.82, 2.24) is 14.7 Å². The van der Waals surface area contributed by atoms with Gasteiger partial charge in [-0.3, -0.25) is 9.59 Å². The molecule has 148 valence electrons. The molecule has 0 saturated carbocycles. The van der Waals surface area contributed by atoms with E-state index in [9.17, 15) is 14.0 Å². The quantitative estimate of drug-likeness (QED) is 0.663. The molecule has 8 heteroatoms. The predicted molar refractivity (Wildman–Crippen MR) is 109 cm³/mol. The molecule has 6 nitrogen and oxygen atoms in total. The van der Waals surface area contributed by atoms with Gasteiger partial charge < -0.3 is 9.80 Å². The van der Waals surface area contributed by atoms with Gasteiger partial charge in [-0.25, -0.2) is 4.39 Å². The second-order valence-corrected chi connectivity index (χ2v) is 7.14. The summed E-state index contributed by atoms with van der Waals surface area (Å²) in [5, 5.41) is 5.05. The third-order valence-corrected chi connectivity index (χ3v) is 5.07. The molecular formula is C21H18ClFN4O2. The molecule has 0 unspecified atom stereocenters. The van der Waals surface area contributed by atoms with Gasteiger partial charge in [0.1, 0.15) is 11.6 Å². The first-order chi connectivity index (χ1) is 14.0. The van der Waals surface area contributed by atoms with E-state index in [2.05, 4.69) is 5.10 Å². The van der Waals surface area contributed by atoms with Gasteiger partial charge in [-0.1, -0.05) is 17.7 Å². The minimum atomic E-state index is -0.428. The second kappa shape index (κ2) is 8.05. The Bertz CT molecular complexity index is 1090. The van der Waals surface area contributed by atoms with E-state index < -0.39 is 5.82 Å². The topological polar surface area (TPSA) is 58.4 Å². The Hall–Kier alpha value is -3.19. The molecule has 1 fully saturated rings. The molecular weight excluding hydrogens is 395 g/mol. The lowest BCUT2D eigenvalue weighted by molar-refractivity contribution is 0.0746. The van der Waals surface area contributed by atoms with Gasteiger partial charge in [0.05, 0.1) is 5.69 Å². The van der Waals surface area contributed by atoms with Crippen molar-refractivity contribution in [3.8, 4) is 5.69 Å². The molecule has 1 aliphatic heterocycles. The van der Waals surface area contributed by atoms with Crippen LogP contribution in [0.1, 0.15) is 10.4 Å². The maximum Gasteiger partial charge on any atom is 0.271 e. The molecule has 2 heterocycles. The van der Waals surface area contributed by atoms with Crippen LogP contribution >= 0.6 is 11.6 Å². The van der Waals surface area contributed by atoms with E-state index in [1.807, 2.05) is 4.90 Å². The Morgan fingerprint density at radius 2 is 1.69 bits per heavy atom. The number of rotatable bonds is 3. The minimum Gasteiger partial charge on any atom is -0.352 e. The largest absolute Gasteiger partial charge is 0.352 e. The summed E-state index contributed by atoms with van der Waals surface area (Å²) in [4.78, 5) is 28.5. The van der Waals surface area contributed by atoms with Crippen LogP contribution in [-0.4, -0.2) is 46.8 Å². The smallest absolute Gasteiger partial charge is 0.271 e. The van der Waals surface area contributed by atoms with Crippen molar-refractivity contribution in [2.75, 3.05) is 31.1 Å². The van der Waals surface area contributed by atoms with Crippen LogP contribution in [0.5, 0.6) is 0 Å². The lowest BCUT2D eigenvalue weighted by atomic mass is 10.1. The molecule has 0 bridgehead atoms. The number of anilines is 1. The molecule has 29 heavy (non-hydrogen) atoms. The number of nitrogens with zero attached hydrogens (tertiary/aromatic N) is 4. The summed E-state index contributed by atoms with van der Waals surface area (Å²) in [6.07, 6.45) is 0. The van der Waals surface area contributed by atoms with Gasteiger partial charge in [-0.15, -0.1) is 5.10 Å². The Labute approximate surface area is 171 Å². The number of aromatic nitrogens is 2. The highest BCUT2D eigenvalue weighted by Gasteiger charge is 2.23. The first-order valence-corrected chi connectivity index (χ1v) is 9.55. The van der Waals surface area contributed by atoms with Crippen molar-refractivity contribution in [3.05, 3.63) is 87.4 Å². The third-order valence-electron chi connectivity index (χ3n) is 4.82. The van der Waals surface area contributed by atoms with Crippen LogP contribution in [0.2, 0.25) is 5.02 Å². The second-order valence-electron chi connectivity index (χ2n) is 6.71. The average molecular weight is 413 g/mol. The lowest BCUT2D eigenvalue weighted by Gasteiger charge is -2.35. The van der Waals surface area contributed by atoms with Gasteiger partial charge in [-0.05, 0) is 48.5 Å². The number of halogens is 2. The molecule has 0 aliphatic carbocycles. The summed E-state index contributed by atoms with van der Waals surface area (Å²) < 4.78 is 14.7. The number of piperazine rings is 1. The summed E-state index contributed by atoms with van der Waals surface area (Å²) in [7, 11) is 0. The minimum absolute atomic E-state index is 0.191. The van der Waals surface area contributed by atoms with Crippen LogP contribution < -0.4 is 10.5 Å². The van der Waals surface area contributed by atoms with Crippen LogP contribution in [0.15, 0.2) is 65.5 Å². The Kier molecular flexibility index (Phi) is 5.31. The molecule has 0 N–H and O–H groups in total. The molecule has 2 aromatic carbocycles. The summed E-state index contributed by atoms with van der Waals surface area (Å²) in [6.45, 7) is 2.09. The fourth-order valence-electron chi connectivity index (χ4n) is 3.28. The van der Waals surface area contributed by atoms with Crippen molar-refractivity contribution in [1.29, 1.82) is 0 Å². The first kappa shape index (κ1) is 19.1. The highest BCUT2D eigenvalue weighted by Crippen LogP contribution is 2.16. The monoisotopic (exact) mass is 412 g/mol. The Morgan fingerprint density at radius 3 is 2.38 bits per heavy atom. The molecule has 1 aromatic heterocycles. The highest BCUT2D eigenvalue weighted by atomic mass is 35.5.